The van der Waals surface area contributed by atoms with Crippen LogP contribution in [-0.4, -0.2) is 26.9 Å². The normalized spacial score (nSPS) is 11.2. The lowest BCUT2D eigenvalue weighted by Crippen LogP contribution is -2.18. The molecule has 3 heterocycles. The van der Waals surface area contributed by atoms with E-state index in [4.69, 9.17) is 9.15 Å². The van der Waals surface area contributed by atoms with Gasteiger partial charge < -0.3 is 9.15 Å². The average Bonchev–Trinajstić information content (AvgIpc) is 3.33. The van der Waals surface area contributed by atoms with Gasteiger partial charge in [-0.1, -0.05) is 11.8 Å². The summed E-state index contributed by atoms with van der Waals surface area (Å²) < 4.78 is 13.1. The lowest BCUT2D eigenvalue weighted by Gasteiger charge is -2.05. The number of thiophene rings is 1. The molecule has 0 saturated heterocycles. The molecule has 0 aliphatic rings. The summed E-state index contributed by atoms with van der Waals surface area (Å²) in [7, 11) is 3.33. The lowest BCUT2D eigenvalue weighted by atomic mass is 10.2. The first kappa shape index (κ1) is 16.8. The maximum absolute atomic E-state index is 12.3. The van der Waals surface area contributed by atoms with Gasteiger partial charge in [-0.25, -0.2) is 4.98 Å². The fourth-order valence-corrected chi connectivity index (χ4v) is 4.00. The topological polar surface area (TPSA) is 83.0 Å². The van der Waals surface area contributed by atoms with Crippen molar-refractivity contribution in [3.05, 3.63) is 52.0 Å². The molecule has 0 aliphatic carbocycles. The summed E-state index contributed by atoms with van der Waals surface area (Å²) in [4.78, 5) is 16.8. The SMILES string of the molecule is COc1ccc(-c2nnc(CSc3nc4ccsc4c(=O)n3C)o2)cc1. The van der Waals surface area contributed by atoms with Crippen molar-refractivity contribution >= 4 is 33.3 Å². The summed E-state index contributed by atoms with van der Waals surface area (Å²) in [5.74, 6) is 2.11. The molecule has 1 aromatic carbocycles. The Morgan fingerprint density at radius 3 is 2.81 bits per heavy atom. The largest absolute Gasteiger partial charge is 0.497 e. The van der Waals surface area contributed by atoms with Crippen molar-refractivity contribution in [3.8, 4) is 17.2 Å². The first-order valence-corrected chi connectivity index (χ1v) is 9.56. The number of methoxy groups -OCH3 is 1. The van der Waals surface area contributed by atoms with Crippen LogP contribution in [0.3, 0.4) is 0 Å². The Balaban J connectivity index is 1.53. The van der Waals surface area contributed by atoms with Crippen molar-refractivity contribution in [1.29, 1.82) is 0 Å². The molecule has 0 bridgehead atoms. The van der Waals surface area contributed by atoms with Gasteiger partial charge in [0.2, 0.25) is 11.8 Å². The maximum Gasteiger partial charge on any atom is 0.271 e. The van der Waals surface area contributed by atoms with Crippen molar-refractivity contribution in [1.82, 2.24) is 19.7 Å². The second kappa shape index (κ2) is 6.93. The van der Waals surface area contributed by atoms with Crippen LogP contribution in [0.1, 0.15) is 5.89 Å². The fraction of sp³-hybridized carbons (Fsp3) is 0.176. The van der Waals surface area contributed by atoms with Crippen molar-refractivity contribution < 1.29 is 9.15 Å². The highest BCUT2D eigenvalue weighted by molar-refractivity contribution is 7.98. The van der Waals surface area contributed by atoms with Gasteiger partial charge in [0.25, 0.3) is 5.56 Å². The first-order valence-electron chi connectivity index (χ1n) is 7.69. The number of hydrogen-bond acceptors (Lipinski definition) is 8. The summed E-state index contributed by atoms with van der Waals surface area (Å²) in [6.07, 6.45) is 0. The van der Waals surface area contributed by atoms with E-state index >= 15 is 0 Å². The number of nitrogens with zero attached hydrogens (tertiary/aromatic N) is 4. The Morgan fingerprint density at radius 1 is 1.23 bits per heavy atom. The molecule has 4 rings (SSSR count). The second-order valence-electron chi connectivity index (χ2n) is 5.41. The molecule has 3 aromatic heterocycles. The van der Waals surface area contributed by atoms with E-state index in [2.05, 4.69) is 15.2 Å². The van der Waals surface area contributed by atoms with Crippen molar-refractivity contribution in [2.45, 2.75) is 10.9 Å². The zero-order valence-electron chi connectivity index (χ0n) is 14.0. The Hall–Kier alpha value is -2.65. The molecule has 0 spiro atoms. The molecular weight excluding hydrogens is 372 g/mol. The van der Waals surface area contributed by atoms with Crippen molar-refractivity contribution in [2.75, 3.05) is 7.11 Å². The number of thioether (sulfide) groups is 1. The molecule has 7 nitrogen and oxygen atoms in total. The van der Waals surface area contributed by atoms with Crippen LogP contribution < -0.4 is 10.3 Å². The van der Waals surface area contributed by atoms with E-state index in [0.717, 1.165) is 11.3 Å². The monoisotopic (exact) mass is 386 g/mol. The minimum atomic E-state index is -0.0445. The Bertz CT molecular complexity index is 1120. The molecule has 132 valence electrons. The number of rotatable bonds is 5. The van der Waals surface area contributed by atoms with Gasteiger partial charge in [-0.3, -0.25) is 9.36 Å². The van der Waals surface area contributed by atoms with Gasteiger partial charge in [-0.2, -0.15) is 0 Å². The van der Waals surface area contributed by atoms with E-state index < -0.39 is 0 Å². The predicted octanol–water partition coefficient (Wildman–Crippen LogP) is 3.35. The zero-order chi connectivity index (χ0) is 18.1. The zero-order valence-corrected chi connectivity index (χ0v) is 15.6. The Labute approximate surface area is 156 Å². The highest BCUT2D eigenvalue weighted by atomic mass is 32.2. The van der Waals surface area contributed by atoms with Crippen LogP contribution in [0.15, 0.2) is 50.1 Å². The van der Waals surface area contributed by atoms with E-state index in [1.54, 1.807) is 18.7 Å². The molecule has 0 radical (unpaired) electrons. The van der Waals surface area contributed by atoms with Crippen LogP contribution in [0.2, 0.25) is 0 Å². The standard InChI is InChI=1S/C17H14N4O3S2/c1-21-16(22)14-12(7-8-25-14)18-17(21)26-9-13-19-20-15(24-13)10-3-5-11(23-2)6-4-10/h3-8H,9H2,1-2H3. The third-order valence-electron chi connectivity index (χ3n) is 3.77. The molecule has 0 aliphatic heterocycles. The summed E-state index contributed by atoms with van der Waals surface area (Å²) in [6.45, 7) is 0. The molecule has 9 heteroatoms. The third-order valence-corrected chi connectivity index (χ3v) is 5.68. The van der Waals surface area contributed by atoms with Gasteiger partial charge in [0, 0.05) is 12.6 Å². The summed E-state index contributed by atoms with van der Waals surface area (Å²) in [5.41, 5.74) is 1.49. The van der Waals surface area contributed by atoms with Gasteiger partial charge in [-0.15, -0.1) is 21.5 Å². The van der Waals surface area contributed by atoms with E-state index in [0.29, 0.717) is 32.9 Å². The van der Waals surface area contributed by atoms with E-state index in [1.165, 1.54) is 23.1 Å². The van der Waals surface area contributed by atoms with Gasteiger partial charge in [-0.05, 0) is 35.7 Å². The fourth-order valence-electron chi connectivity index (χ4n) is 2.39. The molecule has 0 amide bonds. The minimum absolute atomic E-state index is 0.0445. The summed E-state index contributed by atoms with van der Waals surface area (Å²) in [5, 5.41) is 10.6. The van der Waals surface area contributed by atoms with Gasteiger partial charge in [0.05, 0.1) is 18.4 Å². The highest BCUT2D eigenvalue weighted by Gasteiger charge is 2.13. The summed E-state index contributed by atoms with van der Waals surface area (Å²) in [6, 6.07) is 9.24. The molecule has 0 atom stereocenters. The predicted molar refractivity (Wildman–Crippen MR) is 101 cm³/mol. The van der Waals surface area contributed by atoms with Crippen molar-refractivity contribution in [2.24, 2.45) is 7.05 Å². The van der Waals surface area contributed by atoms with Crippen LogP contribution in [-0.2, 0) is 12.8 Å². The molecule has 0 fully saturated rings. The molecular formula is C17H14N4O3S2. The third kappa shape index (κ3) is 3.11. The average molecular weight is 386 g/mol. The van der Waals surface area contributed by atoms with Crippen LogP contribution in [0.25, 0.3) is 21.7 Å². The van der Waals surface area contributed by atoms with Gasteiger partial charge in [0.1, 0.15) is 10.4 Å². The number of aromatic nitrogens is 4. The Kier molecular flexibility index (Phi) is 4.48. The van der Waals surface area contributed by atoms with E-state index in [-0.39, 0.29) is 5.56 Å². The first-order chi connectivity index (χ1) is 12.7. The summed E-state index contributed by atoms with van der Waals surface area (Å²) >= 11 is 2.79. The lowest BCUT2D eigenvalue weighted by molar-refractivity contribution is 0.415. The van der Waals surface area contributed by atoms with Gasteiger partial charge in [0.15, 0.2) is 5.16 Å². The number of benzene rings is 1. The molecule has 0 saturated carbocycles. The van der Waals surface area contributed by atoms with Crippen LogP contribution in [0.4, 0.5) is 0 Å². The highest BCUT2D eigenvalue weighted by Crippen LogP contribution is 2.25. The van der Waals surface area contributed by atoms with E-state index in [9.17, 15) is 4.79 Å². The van der Waals surface area contributed by atoms with Crippen LogP contribution in [0, 0.1) is 0 Å². The molecule has 0 unspecified atom stereocenters. The van der Waals surface area contributed by atoms with E-state index in [1.807, 2.05) is 35.7 Å². The second-order valence-corrected chi connectivity index (χ2v) is 7.27. The molecule has 0 N–H and O–H groups in total. The molecule has 4 aromatic rings. The maximum atomic E-state index is 12.3. The van der Waals surface area contributed by atoms with Crippen LogP contribution >= 0.6 is 23.1 Å². The number of fused-ring (bicyclic) bond motifs is 1. The van der Waals surface area contributed by atoms with Gasteiger partial charge >= 0.3 is 0 Å². The minimum Gasteiger partial charge on any atom is -0.497 e. The number of hydrogen-bond donors (Lipinski definition) is 0. The van der Waals surface area contributed by atoms with Crippen molar-refractivity contribution in [3.63, 3.8) is 0 Å². The number of ether oxygens (including phenoxy) is 1. The smallest absolute Gasteiger partial charge is 0.271 e. The molecule has 26 heavy (non-hydrogen) atoms. The Morgan fingerprint density at radius 2 is 2.04 bits per heavy atom. The quantitative estimate of drug-likeness (QED) is 0.384. The van der Waals surface area contributed by atoms with Crippen LogP contribution in [0.5, 0.6) is 5.75 Å².